The molecule has 4 heteroatoms. The minimum absolute atomic E-state index is 0.0753. The normalized spacial score (nSPS) is 22.5. The van der Waals surface area contributed by atoms with Gasteiger partial charge < -0.3 is 10.4 Å². The summed E-state index contributed by atoms with van der Waals surface area (Å²) in [6, 6.07) is 10.1. The smallest absolute Gasteiger partial charge is 0.237 e. The molecule has 0 spiro atoms. The first-order valence-electron chi connectivity index (χ1n) is 8.80. The summed E-state index contributed by atoms with van der Waals surface area (Å²) in [7, 11) is 0. The molecule has 1 aliphatic rings. The maximum atomic E-state index is 12.6. The highest BCUT2D eigenvalue weighted by atomic mass is 16.3. The van der Waals surface area contributed by atoms with Crippen LogP contribution in [0.3, 0.4) is 0 Å². The molecule has 0 radical (unpaired) electrons. The van der Waals surface area contributed by atoms with Crippen molar-refractivity contribution < 1.29 is 9.90 Å². The molecule has 128 valence electrons. The Bertz CT molecular complexity index is 489. The van der Waals surface area contributed by atoms with Gasteiger partial charge in [-0.25, -0.2) is 0 Å². The summed E-state index contributed by atoms with van der Waals surface area (Å²) in [4.78, 5) is 14.8. The van der Waals surface area contributed by atoms with E-state index in [4.69, 9.17) is 0 Å². The minimum atomic E-state index is -0.299. The summed E-state index contributed by atoms with van der Waals surface area (Å²) >= 11 is 0. The highest BCUT2D eigenvalue weighted by molar-refractivity contribution is 5.81. The van der Waals surface area contributed by atoms with Crippen molar-refractivity contribution in [1.29, 1.82) is 0 Å². The van der Waals surface area contributed by atoms with E-state index in [1.807, 2.05) is 32.0 Å². The zero-order valence-corrected chi connectivity index (χ0v) is 14.5. The zero-order valence-electron chi connectivity index (χ0n) is 14.5. The number of nitrogens with zero attached hydrogens (tertiary/aromatic N) is 1. The minimum Gasteiger partial charge on any atom is -0.393 e. The molecule has 1 aromatic carbocycles. The number of rotatable bonds is 7. The molecule has 4 unspecified atom stereocenters. The van der Waals surface area contributed by atoms with Crippen LogP contribution in [0.15, 0.2) is 30.3 Å². The van der Waals surface area contributed by atoms with Crippen molar-refractivity contribution in [3.8, 4) is 0 Å². The zero-order chi connectivity index (χ0) is 16.8. The molecule has 1 saturated heterocycles. The summed E-state index contributed by atoms with van der Waals surface area (Å²) in [5.41, 5.74) is 1.16. The lowest BCUT2D eigenvalue weighted by atomic mass is 10.0. The van der Waals surface area contributed by atoms with Gasteiger partial charge in [0.2, 0.25) is 5.91 Å². The van der Waals surface area contributed by atoms with Crippen LogP contribution < -0.4 is 5.32 Å². The molecule has 4 nitrogen and oxygen atoms in total. The van der Waals surface area contributed by atoms with Gasteiger partial charge in [-0.2, -0.15) is 0 Å². The Morgan fingerprint density at radius 1 is 1.35 bits per heavy atom. The van der Waals surface area contributed by atoms with Crippen molar-refractivity contribution in [3.05, 3.63) is 35.9 Å². The number of nitrogens with one attached hydrogen (secondary N) is 1. The second-order valence-electron chi connectivity index (χ2n) is 6.72. The van der Waals surface area contributed by atoms with Crippen LogP contribution >= 0.6 is 0 Å². The van der Waals surface area contributed by atoms with Gasteiger partial charge in [0, 0.05) is 6.54 Å². The predicted molar refractivity (Wildman–Crippen MR) is 93.1 cm³/mol. The van der Waals surface area contributed by atoms with Crippen molar-refractivity contribution in [3.63, 3.8) is 0 Å². The largest absolute Gasteiger partial charge is 0.393 e. The van der Waals surface area contributed by atoms with Crippen molar-refractivity contribution in [1.82, 2.24) is 10.2 Å². The van der Waals surface area contributed by atoms with E-state index in [1.165, 1.54) is 0 Å². The van der Waals surface area contributed by atoms with Gasteiger partial charge in [0.15, 0.2) is 0 Å². The van der Waals surface area contributed by atoms with Crippen LogP contribution in [0.4, 0.5) is 0 Å². The Kier molecular flexibility index (Phi) is 6.60. The summed E-state index contributed by atoms with van der Waals surface area (Å²) in [5, 5.41) is 12.9. The van der Waals surface area contributed by atoms with Crippen molar-refractivity contribution >= 4 is 5.91 Å². The van der Waals surface area contributed by atoms with Gasteiger partial charge in [-0.15, -0.1) is 0 Å². The Hall–Kier alpha value is -1.39. The Labute approximate surface area is 139 Å². The van der Waals surface area contributed by atoms with E-state index in [1.54, 1.807) is 0 Å². The fraction of sp³-hybridized carbons (Fsp3) is 0.632. The lowest BCUT2D eigenvalue weighted by Crippen LogP contribution is -2.45. The molecule has 1 heterocycles. The number of aliphatic hydroxyl groups is 1. The number of hydrogen-bond acceptors (Lipinski definition) is 3. The van der Waals surface area contributed by atoms with Crippen molar-refractivity contribution in [2.24, 2.45) is 5.92 Å². The summed E-state index contributed by atoms with van der Waals surface area (Å²) in [6.07, 6.45) is 2.64. The van der Waals surface area contributed by atoms with Crippen LogP contribution in [0.1, 0.15) is 51.6 Å². The number of benzene rings is 1. The highest BCUT2D eigenvalue weighted by Gasteiger charge is 2.32. The summed E-state index contributed by atoms with van der Waals surface area (Å²) in [5.74, 6) is 0.365. The van der Waals surface area contributed by atoms with Gasteiger partial charge in [-0.1, -0.05) is 43.7 Å². The summed E-state index contributed by atoms with van der Waals surface area (Å²) in [6.45, 7) is 7.63. The van der Waals surface area contributed by atoms with E-state index >= 15 is 0 Å². The molecule has 0 bridgehead atoms. The van der Waals surface area contributed by atoms with E-state index in [9.17, 15) is 9.90 Å². The molecule has 23 heavy (non-hydrogen) atoms. The number of carbonyl (C=O) groups excluding carboxylic acids is 1. The van der Waals surface area contributed by atoms with Crippen molar-refractivity contribution in [2.45, 2.75) is 58.2 Å². The number of carbonyl (C=O) groups is 1. The Morgan fingerprint density at radius 3 is 2.61 bits per heavy atom. The molecule has 2 rings (SSSR count). The number of aliphatic hydroxyl groups excluding tert-OH is 1. The van der Waals surface area contributed by atoms with Crippen LogP contribution in [0.2, 0.25) is 0 Å². The van der Waals surface area contributed by atoms with Gasteiger partial charge in [0.25, 0.3) is 0 Å². The lowest BCUT2D eigenvalue weighted by molar-refractivity contribution is -0.126. The molecule has 0 aliphatic carbocycles. The first kappa shape index (κ1) is 18.0. The van der Waals surface area contributed by atoms with Gasteiger partial charge in [-0.3, -0.25) is 9.69 Å². The third-order valence-corrected chi connectivity index (χ3v) is 4.96. The molecule has 1 amide bonds. The fourth-order valence-corrected chi connectivity index (χ4v) is 3.32. The quantitative estimate of drug-likeness (QED) is 0.813. The van der Waals surface area contributed by atoms with Gasteiger partial charge in [-0.05, 0) is 44.7 Å². The van der Waals surface area contributed by atoms with Crippen molar-refractivity contribution in [2.75, 3.05) is 13.1 Å². The maximum absolute atomic E-state index is 12.6. The average molecular weight is 318 g/mol. The van der Waals surface area contributed by atoms with Crippen LogP contribution in [0.25, 0.3) is 0 Å². The fourth-order valence-electron chi connectivity index (χ4n) is 3.32. The van der Waals surface area contributed by atoms with E-state index in [0.29, 0.717) is 0 Å². The van der Waals surface area contributed by atoms with Crippen LogP contribution in [-0.2, 0) is 4.79 Å². The van der Waals surface area contributed by atoms with Crippen LogP contribution in [0.5, 0.6) is 0 Å². The van der Waals surface area contributed by atoms with Gasteiger partial charge in [0.1, 0.15) is 0 Å². The lowest BCUT2D eigenvalue weighted by Gasteiger charge is -2.27. The van der Waals surface area contributed by atoms with E-state index < -0.39 is 0 Å². The van der Waals surface area contributed by atoms with E-state index in [-0.39, 0.29) is 30.0 Å². The third-order valence-electron chi connectivity index (χ3n) is 4.96. The SMILES string of the molecule is CCCC(NC(=O)C(C)N1CCC(C(C)O)C1)c1ccccc1. The molecule has 1 fully saturated rings. The second-order valence-corrected chi connectivity index (χ2v) is 6.72. The van der Waals surface area contributed by atoms with Gasteiger partial charge >= 0.3 is 0 Å². The molecular formula is C19H30N2O2. The second kappa shape index (κ2) is 8.46. The van der Waals surface area contributed by atoms with E-state index in [0.717, 1.165) is 37.9 Å². The number of amides is 1. The maximum Gasteiger partial charge on any atom is 0.237 e. The predicted octanol–water partition coefficient (Wildman–Crippen LogP) is 2.74. The third kappa shape index (κ3) is 4.79. The van der Waals surface area contributed by atoms with Crippen LogP contribution in [0, 0.1) is 5.92 Å². The Morgan fingerprint density at radius 2 is 2.04 bits per heavy atom. The van der Waals surface area contributed by atoms with Gasteiger partial charge in [0.05, 0.1) is 18.2 Å². The monoisotopic (exact) mass is 318 g/mol. The molecule has 0 saturated carbocycles. The molecule has 1 aliphatic heterocycles. The average Bonchev–Trinajstić information content (AvgIpc) is 3.04. The molecular weight excluding hydrogens is 288 g/mol. The first-order valence-corrected chi connectivity index (χ1v) is 8.80. The number of likely N-dealkylation sites (tertiary alicyclic amines) is 1. The first-order chi connectivity index (χ1) is 11.0. The molecule has 2 N–H and O–H groups in total. The standard InChI is InChI=1S/C19H30N2O2/c1-4-8-18(16-9-6-5-7-10-16)20-19(23)14(2)21-12-11-17(13-21)15(3)22/h5-7,9-10,14-15,17-18,22H,4,8,11-13H2,1-3H3,(H,20,23). The number of hydrogen-bond donors (Lipinski definition) is 2. The molecule has 1 aromatic rings. The highest BCUT2D eigenvalue weighted by Crippen LogP contribution is 2.23. The van der Waals surface area contributed by atoms with E-state index in [2.05, 4.69) is 29.3 Å². The molecule has 4 atom stereocenters. The summed E-state index contributed by atoms with van der Waals surface area (Å²) < 4.78 is 0. The Balaban J connectivity index is 1.96. The van der Waals surface area contributed by atoms with Crippen LogP contribution in [-0.4, -0.2) is 41.1 Å². The topological polar surface area (TPSA) is 52.6 Å². The molecule has 0 aromatic heterocycles.